The predicted molar refractivity (Wildman–Crippen MR) is 105 cm³/mol. The topological polar surface area (TPSA) is 109 Å². The molecule has 0 aliphatic rings. The van der Waals surface area contributed by atoms with Gasteiger partial charge in [0.2, 0.25) is 0 Å². The van der Waals surface area contributed by atoms with Crippen molar-refractivity contribution in [2.24, 2.45) is 0 Å². The average Bonchev–Trinajstić information content (AvgIpc) is 2.60. The van der Waals surface area contributed by atoms with Crippen molar-refractivity contribution in [3.63, 3.8) is 0 Å². The Morgan fingerprint density at radius 3 is 2.74 bits per heavy atom. The number of pyridine rings is 2. The van der Waals surface area contributed by atoms with Crippen molar-refractivity contribution in [1.82, 2.24) is 19.5 Å². The molecule has 0 fully saturated rings. The van der Waals surface area contributed by atoms with Gasteiger partial charge in [0, 0.05) is 30.7 Å². The van der Waals surface area contributed by atoms with E-state index in [4.69, 9.17) is 5.26 Å². The standard InChI is InChI=1S/C19H21N7O/c1-19(2,3)25-17-16-13(5-10-26(18(16)27)9-4-6-20)11-14(24-17)23-15-12-21-7-8-22-15/h5,7-8,10-12H,4,9H2,1-3H3,(H2,22,23,24,25). The zero-order valence-electron chi connectivity index (χ0n) is 15.5. The minimum absolute atomic E-state index is 0.173. The normalized spacial score (nSPS) is 11.2. The molecule has 0 radical (unpaired) electrons. The maximum atomic E-state index is 12.9. The minimum atomic E-state index is -0.287. The summed E-state index contributed by atoms with van der Waals surface area (Å²) >= 11 is 0. The van der Waals surface area contributed by atoms with Gasteiger partial charge >= 0.3 is 0 Å². The third-order valence-electron chi connectivity index (χ3n) is 3.74. The van der Waals surface area contributed by atoms with Gasteiger partial charge in [0.05, 0.1) is 24.1 Å². The van der Waals surface area contributed by atoms with Crippen LogP contribution in [0.3, 0.4) is 0 Å². The summed E-state index contributed by atoms with van der Waals surface area (Å²) in [6.07, 6.45) is 6.76. The number of hydrogen-bond acceptors (Lipinski definition) is 7. The molecule has 27 heavy (non-hydrogen) atoms. The molecule has 0 aliphatic carbocycles. The molecule has 8 nitrogen and oxygen atoms in total. The van der Waals surface area contributed by atoms with Crippen LogP contribution in [0.1, 0.15) is 27.2 Å². The lowest BCUT2D eigenvalue weighted by Crippen LogP contribution is -2.29. The van der Waals surface area contributed by atoms with Crippen LogP contribution in [0.25, 0.3) is 10.8 Å². The summed E-state index contributed by atoms with van der Waals surface area (Å²) < 4.78 is 1.54. The first-order valence-electron chi connectivity index (χ1n) is 8.60. The molecule has 0 bridgehead atoms. The number of anilines is 3. The zero-order valence-corrected chi connectivity index (χ0v) is 15.5. The molecule has 2 N–H and O–H groups in total. The van der Waals surface area contributed by atoms with E-state index < -0.39 is 0 Å². The van der Waals surface area contributed by atoms with E-state index in [-0.39, 0.29) is 17.5 Å². The SMILES string of the molecule is CC(C)(C)Nc1nc(Nc2cnccn2)cc2ccn(CCC#N)c(=O)c12. The second-order valence-electron chi connectivity index (χ2n) is 7.13. The number of rotatable bonds is 5. The van der Waals surface area contributed by atoms with Crippen molar-refractivity contribution in [2.45, 2.75) is 39.3 Å². The van der Waals surface area contributed by atoms with E-state index in [1.807, 2.05) is 26.8 Å². The van der Waals surface area contributed by atoms with Crippen molar-refractivity contribution in [2.75, 3.05) is 10.6 Å². The van der Waals surface area contributed by atoms with Gasteiger partial charge < -0.3 is 15.2 Å². The van der Waals surface area contributed by atoms with Gasteiger partial charge in [-0.25, -0.2) is 9.97 Å². The van der Waals surface area contributed by atoms with Crippen molar-refractivity contribution < 1.29 is 0 Å². The van der Waals surface area contributed by atoms with Crippen molar-refractivity contribution in [3.8, 4) is 6.07 Å². The molecule has 3 rings (SSSR count). The highest BCUT2D eigenvalue weighted by Gasteiger charge is 2.17. The zero-order chi connectivity index (χ0) is 19.4. The second-order valence-corrected chi connectivity index (χ2v) is 7.13. The summed E-state index contributed by atoms with van der Waals surface area (Å²) in [4.78, 5) is 25.8. The highest BCUT2D eigenvalue weighted by Crippen LogP contribution is 2.25. The van der Waals surface area contributed by atoms with Crippen LogP contribution >= 0.6 is 0 Å². The van der Waals surface area contributed by atoms with Crippen LogP contribution < -0.4 is 16.2 Å². The second kappa shape index (κ2) is 7.41. The number of aromatic nitrogens is 4. The molecule has 0 saturated heterocycles. The van der Waals surface area contributed by atoms with Crippen LogP contribution in [0.5, 0.6) is 0 Å². The first-order valence-corrected chi connectivity index (χ1v) is 8.60. The summed E-state index contributed by atoms with van der Waals surface area (Å²) in [5, 5.41) is 16.5. The molecule has 3 aromatic rings. The fourth-order valence-electron chi connectivity index (χ4n) is 2.65. The molecule has 0 aromatic carbocycles. The molecule has 3 aromatic heterocycles. The fourth-order valence-corrected chi connectivity index (χ4v) is 2.65. The molecule has 3 heterocycles. The summed E-state index contributed by atoms with van der Waals surface area (Å²) in [6, 6.07) is 5.72. The number of aryl methyl sites for hydroxylation is 1. The van der Waals surface area contributed by atoms with E-state index in [0.717, 1.165) is 5.39 Å². The van der Waals surface area contributed by atoms with Crippen LogP contribution in [0.4, 0.5) is 17.5 Å². The molecule has 0 amide bonds. The van der Waals surface area contributed by atoms with Gasteiger partial charge in [0.1, 0.15) is 17.5 Å². The van der Waals surface area contributed by atoms with Crippen LogP contribution in [-0.2, 0) is 6.54 Å². The Hall–Kier alpha value is -3.47. The molecular formula is C19H21N7O. The number of nitrogens with zero attached hydrogens (tertiary/aromatic N) is 5. The number of fused-ring (bicyclic) bond motifs is 1. The number of nitriles is 1. The molecule has 8 heteroatoms. The molecule has 0 saturated carbocycles. The van der Waals surface area contributed by atoms with E-state index in [2.05, 4.69) is 31.7 Å². The van der Waals surface area contributed by atoms with Gasteiger partial charge in [-0.2, -0.15) is 5.26 Å². The van der Waals surface area contributed by atoms with Crippen LogP contribution in [0.15, 0.2) is 41.7 Å². The largest absolute Gasteiger partial charge is 0.365 e. The van der Waals surface area contributed by atoms with Crippen LogP contribution in [0, 0.1) is 11.3 Å². The van der Waals surface area contributed by atoms with E-state index in [1.54, 1.807) is 30.9 Å². The molecule has 0 aliphatic heterocycles. The summed E-state index contributed by atoms with van der Waals surface area (Å²) in [5.41, 5.74) is -0.460. The Balaban J connectivity index is 2.13. The van der Waals surface area contributed by atoms with E-state index in [9.17, 15) is 4.79 Å². The lowest BCUT2D eigenvalue weighted by atomic mass is 10.1. The maximum absolute atomic E-state index is 12.9. The molecule has 0 unspecified atom stereocenters. The summed E-state index contributed by atoms with van der Waals surface area (Å²) in [7, 11) is 0. The number of nitrogens with one attached hydrogen (secondary N) is 2. The van der Waals surface area contributed by atoms with Crippen molar-refractivity contribution in [1.29, 1.82) is 5.26 Å². The van der Waals surface area contributed by atoms with Gasteiger partial charge in [-0.15, -0.1) is 0 Å². The maximum Gasteiger partial charge on any atom is 0.262 e. The van der Waals surface area contributed by atoms with Crippen LogP contribution in [0.2, 0.25) is 0 Å². The van der Waals surface area contributed by atoms with Crippen molar-refractivity contribution >= 4 is 28.2 Å². The molecule has 0 atom stereocenters. The Morgan fingerprint density at radius 2 is 2.07 bits per heavy atom. The lowest BCUT2D eigenvalue weighted by molar-refractivity contribution is 0.631. The highest BCUT2D eigenvalue weighted by molar-refractivity contribution is 5.93. The van der Waals surface area contributed by atoms with Gasteiger partial charge in [-0.3, -0.25) is 9.78 Å². The summed E-state index contributed by atoms with van der Waals surface area (Å²) in [6.45, 7) is 6.35. The Bertz CT molecular complexity index is 1050. The van der Waals surface area contributed by atoms with E-state index in [1.165, 1.54) is 4.57 Å². The minimum Gasteiger partial charge on any atom is -0.365 e. The summed E-state index contributed by atoms with van der Waals surface area (Å²) in [5.74, 6) is 1.61. The Labute approximate surface area is 156 Å². The lowest BCUT2D eigenvalue weighted by Gasteiger charge is -2.23. The molecular weight excluding hydrogens is 342 g/mol. The third kappa shape index (κ3) is 4.39. The predicted octanol–water partition coefficient (Wildman–Crippen LogP) is 3.05. The van der Waals surface area contributed by atoms with E-state index >= 15 is 0 Å². The van der Waals surface area contributed by atoms with Gasteiger partial charge in [-0.1, -0.05) is 0 Å². The average molecular weight is 363 g/mol. The number of hydrogen-bond donors (Lipinski definition) is 2. The van der Waals surface area contributed by atoms with Crippen LogP contribution in [-0.4, -0.2) is 25.1 Å². The smallest absolute Gasteiger partial charge is 0.262 e. The first kappa shape index (κ1) is 18.3. The molecule has 138 valence electrons. The highest BCUT2D eigenvalue weighted by atomic mass is 16.1. The van der Waals surface area contributed by atoms with E-state index in [0.29, 0.717) is 29.4 Å². The molecule has 0 spiro atoms. The third-order valence-corrected chi connectivity index (χ3v) is 3.74. The Kier molecular flexibility index (Phi) is 5.03. The van der Waals surface area contributed by atoms with Gasteiger partial charge in [0.25, 0.3) is 5.56 Å². The Morgan fingerprint density at radius 1 is 1.26 bits per heavy atom. The fraction of sp³-hybridized carbons (Fsp3) is 0.316. The van der Waals surface area contributed by atoms with Gasteiger partial charge in [-0.05, 0) is 38.3 Å². The van der Waals surface area contributed by atoms with Gasteiger partial charge in [0.15, 0.2) is 0 Å². The quantitative estimate of drug-likeness (QED) is 0.717. The van der Waals surface area contributed by atoms with Crippen molar-refractivity contribution in [3.05, 3.63) is 47.3 Å². The monoisotopic (exact) mass is 363 g/mol. The first-order chi connectivity index (χ1) is 12.9.